The summed E-state index contributed by atoms with van der Waals surface area (Å²) in [6, 6.07) is 10.6. The van der Waals surface area contributed by atoms with Gasteiger partial charge in [-0.15, -0.1) is 0 Å². The van der Waals surface area contributed by atoms with Gasteiger partial charge in [0.15, 0.2) is 0 Å². The van der Waals surface area contributed by atoms with Crippen LogP contribution in [0.3, 0.4) is 0 Å². The summed E-state index contributed by atoms with van der Waals surface area (Å²) in [6.45, 7) is 3.26. The van der Waals surface area contributed by atoms with Crippen molar-refractivity contribution in [1.29, 1.82) is 0 Å². The number of rotatable bonds is 5. The number of esters is 1. The number of amides is 2. The fourth-order valence-corrected chi connectivity index (χ4v) is 3.82. The maximum Gasteiger partial charge on any atom is 0.327 e. The molecule has 0 aliphatic carbocycles. The second kappa shape index (κ2) is 9.76. The largest absolute Gasteiger partial charge is 0.468 e. The Hall–Kier alpha value is -3.17. The van der Waals surface area contributed by atoms with Crippen LogP contribution in [0.1, 0.15) is 17.2 Å². The van der Waals surface area contributed by atoms with Crippen LogP contribution in [0, 0.1) is 17.0 Å². The molecule has 31 heavy (non-hydrogen) atoms. The molecule has 0 spiro atoms. The number of anilines is 1. The van der Waals surface area contributed by atoms with Crippen molar-refractivity contribution < 1.29 is 19.2 Å². The molecule has 0 radical (unpaired) electrons. The van der Waals surface area contributed by atoms with Crippen LogP contribution in [0.2, 0.25) is 5.02 Å². The third-order valence-corrected chi connectivity index (χ3v) is 5.53. The van der Waals surface area contributed by atoms with Crippen LogP contribution in [-0.2, 0) is 9.53 Å². The molecule has 0 aromatic heterocycles. The van der Waals surface area contributed by atoms with E-state index in [0.29, 0.717) is 42.5 Å². The summed E-state index contributed by atoms with van der Waals surface area (Å²) in [4.78, 5) is 39.3. The predicted molar refractivity (Wildman–Crippen MR) is 116 cm³/mol. The van der Waals surface area contributed by atoms with Gasteiger partial charge in [-0.25, -0.2) is 9.59 Å². The highest BCUT2D eigenvalue weighted by Crippen LogP contribution is 2.27. The molecule has 1 aliphatic rings. The Labute approximate surface area is 184 Å². The van der Waals surface area contributed by atoms with Gasteiger partial charge in [0.2, 0.25) is 0 Å². The summed E-state index contributed by atoms with van der Waals surface area (Å²) in [5.41, 5.74) is 1.47. The summed E-state index contributed by atoms with van der Waals surface area (Å²) in [7, 11) is 1.34. The van der Waals surface area contributed by atoms with Crippen LogP contribution in [0.5, 0.6) is 0 Å². The average molecular weight is 447 g/mol. The molecule has 1 aliphatic heterocycles. The van der Waals surface area contributed by atoms with Gasteiger partial charge in [0.1, 0.15) is 6.04 Å². The normalized spacial score (nSPS) is 15.3. The first-order chi connectivity index (χ1) is 14.8. The molecule has 2 aromatic carbocycles. The van der Waals surface area contributed by atoms with Gasteiger partial charge in [-0.05, 0) is 30.7 Å². The van der Waals surface area contributed by atoms with E-state index in [1.54, 1.807) is 36.1 Å². The number of hydrogen-bond acceptors (Lipinski definition) is 6. The fraction of sp³-hybridized carbons (Fsp3) is 0.333. The van der Waals surface area contributed by atoms with Gasteiger partial charge < -0.3 is 15.0 Å². The number of ether oxygens (including phenoxy) is 1. The van der Waals surface area contributed by atoms with Crippen molar-refractivity contribution in [2.24, 2.45) is 0 Å². The van der Waals surface area contributed by atoms with Crippen molar-refractivity contribution in [2.45, 2.75) is 13.0 Å². The minimum Gasteiger partial charge on any atom is -0.468 e. The lowest BCUT2D eigenvalue weighted by atomic mass is 10.0. The number of carbonyl (C=O) groups excluding carboxylic acids is 2. The molecule has 0 bridgehead atoms. The Morgan fingerprint density at radius 3 is 2.45 bits per heavy atom. The molecule has 3 rings (SSSR count). The van der Waals surface area contributed by atoms with E-state index < -0.39 is 16.9 Å². The van der Waals surface area contributed by atoms with E-state index in [9.17, 15) is 19.7 Å². The van der Waals surface area contributed by atoms with E-state index >= 15 is 0 Å². The first kappa shape index (κ1) is 22.5. The minimum absolute atomic E-state index is 0.0509. The Balaban J connectivity index is 1.68. The topological polar surface area (TPSA) is 105 Å². The maximum absolute atomic E-state index is 12.7. The van der Waals surface area contributed by atoms with Crippen molar-refractivity contribution in [3.63, 3.8) is 0 Å². The van der Waals surface area contributed by atoms with Crippen LogP contribution in [0.25, 0.3) is 0 Å². The molecule has 1 saturated heterocycles. The number of methoxy groups -OCH3 is 1. The Morgan fingerprint density at radius 1 is 1.16 bits per heavy atom. The van der Waals surface area contributed by atoms with E-state index in [-0.39, 0.29) is 11.7 Å². The molecule has 1 heterocycles. The molecule has 9 nitrogen and oxygen atoms in total. The Bertz CT molecular complexity index is 991. The smallest absolute Gasteiger partial charge is 0.327 e. The van der Waals surface area contributed by atoms with Gasteiger partial charge in [-0.2, -0.15) is 0 Å². The number of urea groups is 1. The van der Waals surface area contributed by atoms with Crippen LogP contribution < -0.4 is 5.32 Å². The zero-order chi connectivity index (χ0) is 22.5. The molecular formula is C21H23ClN4O5. The Morgan fingerprint density at radius 2 is 1.84 bits per heavy atom. The van der Waals surface area contributed by atoms with E-state index in [1.165, 1.54) is 19.2 Å². The summed E-state index contributed by atoms with van der Waals surface area (Å²) in [5.74, 6) is -0.396. The van der Waals surface area contributed by atoms with Gasteiger partial charge in [0.05, 0.1) is 23.3 Å². The fourth-order valence-electron chi connectivity index (χ4n) is 3.62. The standard InChI is InChI=1S/C21H23ClN4O5/c1-14-17(7-4-8-18(14)26(29)30)23-21(28)25-11-9-24(10-12-25)19(20(27)31-2)15-5-3-6-16(22)13-15/h3-8,13,19H,9-12H2,1-2H3,(H,23,28)/t19-/m0/s1. The second-order valence-corrected chi connectivity index (χ2v) is 7.58. The van der Waals surface area contributed by atoms with Gasteiger partial charge in [0.25, 0.3) is 5.69 Å². The minimum atomic E-state index is -0.618. The van der Waals surface area contributed by atoms with Crippen LogP contribution in [0.15, 0.2) is 42.5 Å². The predicted octanol–water partition coefficient (Wildman–Crippen LogP) is 3.62. The van der Waals surface area contributed by atoms with E-state index in [0.717, 1.165) is 5.56 Å². The number of hydrogen-bond donors (Lipinski definition) is 1. The zero-order valence-corrected chi connectivity index (χ0v) is 18.0. The van der Waals surface area contributed by atoms with E-state index in [2.05, 4.69) is 5.32 Å². The number of nitrogens with one attached hydrogen (secondary N) is 1. The highest BCUT2D eigenvalue weighted by molar-refractivity contribution is 6.30. The molecule has 10 heteroatoms. The number of nitro benzene ring substituents is 1. The maximum atomic E-state index is 12.7. The molecule has 2 amide bonds. The lowest BCUT2D eigenvalue weighted by molar-refractivity contribution is -0.385. The van der Waals surface area contributed by atoms with E-state index in [4.69, 9.17) is 16.3 Å². The van der Waals surface area contributed by atoms with Crippen molar-refractivity contribution in [1.82, 2.24) is 9.80 Å². The number of benzene rings is 2. The van der Waals surface area contributed by atoms with Crippen LogP contribution in [0.4, 0.5) is 16.2 Å². The van der Waals surface area contributed by atoms with Gasteiger partial charge >= 0.3 is 12.0 Å². The van der Waals surface area contributed by atoms with Crippen molar-refractivity contribution in [3.8, 4) is 0 Å². The Kier molecular flexibility index (Phi) is 7.09. The van der Waals surface area contributed by atoms with Gasteiger partial charge in [-0.3, -0.25) is 15.0 Å². The molecule has 1 N–H and O–H groups in total. The zero-order valence-electron chi connectivity index (χ0n) is 17.2. The van der Waals surface area contributed by atoms with Gasteiger partial charge in [0, 0.05) is 37.3 Å². The van der Waals surface area contributed by atoms with Crippen molar-refractivity contribution in [2.75, 3.05) is 38.6 Å². The lowest BCUT2D eigenvalue weighted by Crippen LogP contribution is -2.52. The number of carbonyl (C=O) groups is 2. The molecule has 0 unspecified atom stereocenters. The highest BCUT2D eigenvalue weighted by Gasteiger charge is 2.32. The molecule has 0 saturated carbocycles. The number of piperazine rings is 1. The van der Waals surface area contributed by atoms with Crippen LogP contribution in [-0.4, -0.2) is 60.0 Å². The summed E-state index contributed by atoms with van der Waals surface area (Å²) in [5, 5.41) is 14.4. The van der Waals surface area contributed by atoms with Crippen LogP contribution >= 0.6 is 11.6 Å². The van der Waals surface area contributed by atoms with E-state index in [1.807, 2.05) is 11.0 Å². The third-order valence-electron chi connectivity index (χ3n) is 5.30. The summed E-state index contributed by atoms with van der Waals surface area (Å²) in [6.07, 6.45) is 0. The number of nitro groups is 1. The number of nitrogens with zero attached hydrogens (tertiary/aromatic N) is 3. The van der Waals surface area contributed by atoms with Gasteiger partial charge in [-0.1, -0.05) is 29.8 Å². The first-order valence-corrected chi connectivity index (χ1v) is 10.1. The second-order valence-electron chi connectivity index (χ2n) is 7.14. The monoisotopic (exact) mass is 446 g/mol. The lowest BCUT2D eigenvalue weighted by Gasteiger charge is -2.38. The molecule has 1 fully saturated rings. The molecule has 2 aromatic rings. The summed E-state index contributed by atoms with van der Waals surface area (Å²) >= 11 is 6.09. The summed E-state index contributed by atoms with van der Waals surface area (Å²) < 4.78 is 4.99. The highest BCUT2D eigenvalue weighted by atomic mass is 35.5. The van der Waals surface area contributed by atoms with Crippen molar-refractivity contribution in [3.05, 3.63) is 68.7 Å². The molecule has 1 atom stereocenters. The number of halogens is 1. The SMILES string of the molecule is COC(=O)[C@H](c1cccc(Cl)c1)N1CCN(C(=O)Nc2cccc([N+](=O)[O-])c2C)CC1. The average Bonchev–Trinajstić information content (AvgIpc) is 2.75. The van der Waals surface area contributed by atoms with Crippen molar-refractivity contribution >= 4 is 35.0 Å². The molecule has 164 valence electrons. The quantitative estimate of drug-likeness (QED) is 0.427. The first-order valence-electron chi connectivity index (χ1n) is 9.69. The third kappa shape index (κ3) is 5.12. The molecular weight excluding hydrogens is 424 g/mol.